The summed E-state index contributed by atoms with van der Waals surface area (Å²) in [6, 6.07) is 0. The molecule has 1 atom stereocenters. The van der Waals surface area contributed by atoms with Crippen molar-refractivity contribution in [3.8, 4) is 0 Å². The quantitative estimate of drug-likeness (QED) is 0.595. The Morgan fingerprint density at radius 2 is 2.13 bits per heavy atom. The van der Waals surface area contributed by atoms with Crippen molar-refractivity contribution in [2.24, 2.45) is 11.8 Å². The second-order valence-corrected chi connectivity index (χ2v) is 4.72. The molecule has 0 aromatic carbocycles. The average Bonchev–Trinajstić information content (AvgIpc) is 2.19. The number of nitrogens with one attached hydrogen (secondary N) is 1. The van der Waals surface area contributed by atoms with E-state index in [9.17, 15) is 0 Å². The van der Waals surface area contributed by atoms with Crippen molar-refractivity contribution in [1.82, 2.24) is 5.32 Å². The Labute approximate surface area is 94.8 Å². The molecule has 1 rings (SSSR count). The van der Waals surface area contributed by atoms with Gasteiger partial charge in [0.2, 0.25) is 0 Å². The molecule has 90 valence electrons. The first-order chi connectivity index (χ1) is 7.36. The minimum atomic E-state index is 0.802. The van der Waals surface area contributed by atoms with Crippen LogP contribution in [0.1, 0.15) is 46.0 Å². The van der Waals surface area contributed by atoms with Gasteiger partial charge in [0.05, 0.1) is 0 Å². The normalized spacial score (nSPS) is 18.8. The second-order valence-electron chi connectivity index (χ2n) is 4.72. The molecule has 0 bridgehead atoms. The van der Waals surface area contributed by atoms with Crippen LogP contribution in [0.4, 0.5) is 0 Å². The molecule has 1 N–H and O–H groups in total. The van der Waals surface area contributed by atoms with E-state index in [0.717, 1.165) is 25.0 Å². The van der Waals surface area contributed by atoms with E-state index in [2.05, 4.69) is 19.2 Å². The van der Waals surface area contributed by atoms with E-state index >= 15 is 0 Å². The lowest BCUT2D eigenvalue weighted by Gasteiger charge is -2.26. The molecular formula is C13H27NO. The number of hydrogen-bond donors (Lipinski definition) is 1. The number of ether oxygens (including phenoxy) is 1. The monoisotopic (exact) mass is 213 g/mol. The van der Waals surface area contributed by atoms with Gasteiger partial charge in [0.25, 0.3) is 0 Å². The van der Waals surface area contributed by atoms with Crippen molar-refractivity contribution in [3.05, 3.63) is 0 Å². The first-order valence-electron chi connectivity index (χ1n) is 6.65. The Kier molecular flexibility index (Phi) is 7.03. The summed E-state index contributed by atoms with van der Waals surface area (Å²) in [5.74, 6) is 1.78. The molecular weight excluding hydrogens is 186 g/mol. The topological polar surface area (TPSA) is 21.3 Å². The van der Waals surface area contributed by atoms with Gasteiger partial charge in [0.1, 0.15) is 0 Å². The smallest absolute Gasteiger partial charge is 0.0469 e. The summed E-state index contributed by atoms with van der Waals surface area (Å²) < 4.78 is 5.40. The Morgan fingerprint density at radius 1 is 1.33 bits per heavy atom. The van der Waals surface area contributed by atoms with Gasteiger partial charge in [-0.3, -0.25) is 0 Å². The molecule has 0 aromatic rings. The Balaban J connectivity index is 1.94. The Bertz CT molecular complexity index is 145. The van der Waals surface area contributed by atoms with Crippen molar-refractivity contribution >= 4 is 0 Å². The van der Waals surface area contributed by atoms with Gasteiger partial charge in [-0.2, -0.15) is 0 Å². The van der Waals surface area contributed by atoms with E-state index in [1.165, 1.54) is 45.2 Å². The van der Waals surface area contributed by atoms with E-state index in [-0.39, 0.29) is 0 Å². The summed E-state index contributed by atoms with van der Waals surface area (Å²) in [7, 11) is 0. The standard InChI is InChI=1S/C13H27NO/c1-3-12(8-9-15-4-2)10-14-11-13-6-5-7-13/h12-14H,3-11H2,1-2H3/t12-/m0/s1. The average molecular weight is 213 g/mol. The van der Waals surface area contributed by atoms with Crippen LogP contribution in [0.2, 0.25) is 0 Å². The highest BCUT2D eigenvalue weighted by Crippen LogP contribution is 2.25. The van der Waals surface area contributed by atoms with Crippen LogP contribution in [0.5, 0.6) is 0 Å². The molecule has 0 aromatic heterocycles. The second kappa shape index (κ2) is 8.12. The summed E-state index contributed by atoms with van der Waals surface area (Å²) in [6.45, 7) is 8.55. The zero-order valence-electron chi connectivity index (χ0n) is 10.4. The molecule has 0 unspecified atom stereocenters. The molecule has 15 heavy (non-hydrogen) atoms. The molecule has 0 spiro atoms. The van der Waals surface area contributed by atoms with Gasteiger partial charge in [-0.1, -0.05) is 19.8 Å². The maximum Gasteiger partial charge on any atom is 0.0469 e. The first-order valence-corrected chi connectivity index (χ1v) is 6.65. The third-order valence-electron chi connectivity index (χ3n) is 3.54. The summed E-state index contributed by atoms with van der Waals surface area (Å²) >= 11 is 0. The van der Waals surface area contributed by atoms with Crippen LogP contribution >= 0.6 is 0 Å². The lowest BCUT2D eigenvalue weighted by atomic mass is 9.85. The molecule has 0 amide bonds. The fourth-order valence-electron chi connectivity index (χ4n) is 2.03. The predicted octanol–water partition coefficient (Wildman–Crippen LogP) is 2.83. The van der Waals surface area contributed by atoms with Gasteiger partial charge in [-0.15, -0.1) is 0 Å². The van der Waals surface area contributed by atoms with Gasteiger partial charge in [-0.05, 0) is 51.1 Å². The van der Waals surface area contributed by atoms with Crippen LogP contribution in [0.3, 0.4) is 0 Å². The van der Waals surface area contributed by atoms with E-state index in [1.807, 2.05) is 0 Å². The first kappa shape index (κ1) is 13.0. The van der Waals surface area contributed by atoms with Crippen molar-refractivity contribution in [2.45, 2.75) is 46.0 Å². The van der Waals surface area contributed by atoms with Crippen LogP contribution in [0.15, 0.2) is 0 Å². The summed E-state index contributed by atoms with van der Waals surface area (Å²) in [5, 5.41) is 3.61. The minimum Gasteiger partial charge on any atom is -0.382 e. The van der Waals surface area contributed by atoms with Gasteiger partial charge >= 0.3 is 0 Å². The minimum absolute atomic E-state index is 0.802. The summed E-state index contributed by atoms with van der Waals surface area (Å²) in [4.78, 5) is 0. The predicted molar refractivity (Wildman–Crippen MR) is 65.1 cm³/mol. The highest BCUT2D eigenvalue weighted by Gasteiger charge is 2.16. The maximum atomic E-state index is 5.40. The highest BCUT2D eigenvalue weighted by molar-refractivity contribution is 4.72. The molecule has 1 fully saturated rings. The van der Waals surface area contributed by atoms with Crippen molar-refractivity contribution in [3.63, 3.8) is 0 Å². The van der Waals surface area contributed by atoms with Crippen LogP contribution < -0.4 is 5.32 Å². The molecule has 1 saturated carbocycles. The lowest BCUT2D eigenvalue weighted by molar-refractivity contribution is 0.130. The SMILES string of the molecule is CCOCC[C@H](CC)CNCC1CCC1. The molecule has 0 radical (unpaired) electrons. The fourth-order valence-corrected chi connectivity index (χ4v) is 2.03. The zero-order chi connectivity index (χ0) is 10.9. The number of rotatable bonds is 9. The molecule has 1 aliphatic rings. The van der Waals surface area contributed by atoms with Crippen molar-refractivity contribution in [1.29, 1.82) is 0 Å². The van der Waals surface area contributed by atoms with Crippen LogP contribution in [0, 0.1) is 11.8 Å². The van der Waals surface area contributed by atoms with Crippen LogP contribution in [0.25, 0.3) is 0 Å². The largest absolute Gasteiger partial charge is 0.382 e. The van der Waals surface area contributed by atoms with E-state index in [0.29, 0.717) is 0 Å². The van der Waals surface area contributed by atoms with E-state index in [1.54, 1.807) is 0 Å². The molecule has 0 heterocycles. The van der Waals surface area contributed by atoms with Crippen LogP contribution in [-0.2, 0) is 4.74 Å². The maximum absolute atomic E-state index is 5.40. The highest BCUT2D eigenvalue weighted by atomic mass is 16.5. The number of hydrogen-bond acceptors (Lipinski definition) is 2. The van der Waals surface area contributed by atoms with Crippen LogP contribution in [-0.4, -0.2) is 26.3 Å². The fraction of sp³-hybridized carbons (Fsp3) is 1.00. The Morgan fingerprint density at radius 3 is 2.67 bits per heavy atom. The van der Waals surface area contributed by atoms with E-state index < -0.39 is 0 Å². The third kappa shape index (κ3) is 5.53. The third-order valence-corrected chi connectivity index (χ3v) is 3.54. The van der Waals surface area contributed by atoms with Crippen molar-refractivity contribution in [2.75, 3.05) is 26.3 Å². The van der Waals surface area contributed by atoms with Gasteiger partial charge in [0.15, 0.2) is 0 Å². The molecule has 2 heteroatoms. The lowest BCUT2D eigenvalue weighted by Crippen LogP contribution is -2.31. The Hall–Kier alpha value is -0.0800. The summed E-state index contributed by atoms with van der Waals surface area (Å²) in [6.07, 6.45) is 6.83. The molecule has 0 aliphatic heterocycles. The van der Waals surface area contributed by atoms with Crippen molar-refractivity contribution < 1.29 is 4.74 Å². The summed E-state index contributed by atoms with van der Waals surface area (Å²) in [5.41, 5.74) is 0. The van der Waals surface area contributed by atoms with Gasteiger partial charge in [-0.25, -0.2) is 0 Å². The zero-order valence-corrected chi connectivity index (χ0v) is 10.4. The molecule has 2 nitrogen and oxygen atoms in total. The van der Waals surface area contributed by atoms with Gasteiger partial charge in [0, 0.05) is 13.2 Å². The van der Waals surface area contributed by atoms with E-state index in [4.69, 9.17) is 4.74 Å². The molecule has 1 aliphatic carbocycles. The molecule has 0 saturated heterocycles. The van der Waals surface area contributed by atoms with Gasteiger partial charge < -0.3 is 10.1 Å².